The molecule has 0 radical (unpaired) electrons. The van der Waals surface area contributed by atoms with Gasteiger partial charge in [-0.05, 0) is 62.4 Å². The molecule has 2 amide bonds. The molecule has 0 fully saturated rings. The molecule has 3 aromatic carbocycles. The lowest BCUT2D eigenvalue weighted by Gasteiger charge is -2.30. The first-order chi connectivity index (χ1) is 17.1. The highest BCUT2D eigenvalue weighted by Gasteiger charge is 2.35. The van der Waals surface area contributed by atoms with E-state index in [4.69, 9.17) is 11.6 Å². The molecule has 9 heteroatoms. The Morgan fingerprint density at radius 1 is 1.00 bits per heavy atom. The van der Waals surface area contributed by atoms with Crippen molar-refractivity contribution in [3.05, 3.63) is 71.2 Å². The predicted molar refractivity (Wildman–Crippen MR) is 142 cm³/mol. The van der Waals surface area contributed by atoms with Crippen molar-refractivity contribution in [3.63, 3.8) is 0 Å². The number of carbonyl (C=O) groups is 2. The third-order valence-corrected chi connectivity index (χ3v) is 8.41. The SMILES string of the molecule is CC(C)NC(=O)C(C)N(Cc1ccc(Cl)cc1)C(=O)CCCN1c2cccc3cccc(c23)S1(=O)=O. The zero-order chi connectivity index (χ0) is 26.0. The monoisotopic (exact) mass is 527 g/mol. The molecule has 0 bridgehead atoms. The zero-order valence-electron chi connectivity index (χ0n) is 20.6. The van der Waals surface area contributed by atoms with Gasteiger partial charge in [0, 0.05) is 36.0 Å². The molecule has 0 saturated carbocycles. The van der Waals surface area contributed by atoms with Crippen LogP contribution in [0.4, 0.5) is 5.69 Å². The summed E-state index contributed by atoms with van der Waals surface area (Å²) in [6, 6.07) is 17.2. The number of rotatable bonds is 9. The molecule has 1 heterocycles. The number of nitrogens with zero attached hydrogens (tertiary/aromatic N) is 2. The second-order valence-electron chi connectivity index (χ2n) is 9.30. The van der Waals surface area contributed by atoms with Crippen LogP contribution in [0, 0.1) is 0 Å². The topological polar surface area (TPSA) is 86.8 Å². The molecule has 4 rings (SSSR count). The number of benzene rings is 3. The second kappa shape index (κ2) is 10.5. The first-order valence-electron chi connectivity index (χ1n) is 12.0. The van der Waals surface area contributed by atoms with Gasteiger partial charge in [0.15, 0.2) is 0 Å². The number of nitrogens with one attached hydrogen (secondary N) is 1. The van der Waals surface area contributed by atoms with Crippen LogP contribution in [0.2, 0.25) is 5.02 Å². The van der Waals surface area contributed by atoms with Gasteiger partial charge in [0.05, 0.1) is 10.6 Å². The summed E-state index contributed by atoms with van der Waals surface area (Å²) in [7, 11) is -3.68. The predicted octanol–water partition coefficient (Wildman–Crippen LogP) is 4.72. The first kappa shape index (κ1) is 26.0. The highest BCUT2D eigenvalue weighted by molar-refractivity contribution is 7.93. The van der Waals surface area contributed by atoms with E-state index in [2.05, 4.69) is 5.32 Å². The quantitative estimate of drug-likeness (QED) is 0.436. The Bertz CT molecular complexity index is 1380. The van der Waals surface area contributed by atoms with Gasteiger partial charge >= 0.3 is 0 Å². The van der Waals surface area contributed by atoms with E-state index >= 15 is 0 Å². The van der Waals surface area contributed by atoms with Crippen LogP contribution in [-0.2, 0) is 26.2 Å². The van der Waals surface area contributed by atoms with Crippen LogP contribution in [0.15, 0.2) is 65.6 Å². The van der Waals surface area contributed by atoms with E-state index in [1.54, 1.807) is 37.3 Å². The summed E-state index contributed by atoms with van der Waals surface area (Å²) in [4.78, 5) is 27.9. The third-order valence-electron chi connectivity index (χ3n) is 6.30. The van der Waals surface area contributed by atoms with Crippen molar-refractivity contribution in [2.24, 2.45) is 0 Å². The summed E-state index contributed by atoms with van der Waals surface area (Å²) in [5.41, 5.74) is 1.49. The van der Waals surface area contributed by atoms with Crippen molar-refractivity contribution in [1.29, 1.82) is 0 Å². The molecular formula is C27H30ClN3O4S. The van der Waals surface area contributed by atoms with Crippen LogP contribution < -0.4 is 9.62 Å². The molecule has 0 spiro atoms. The van der Waals surface area contributed by atoms with Gasteiger partial charge in [-0.25, -0.2) is 8.42 Å². The minimum Gasteiger partial charge on any atom is -0.352 e. The molecule has 190 valence electrons. The minimum absolute atomic E-state index is 0.0582. The Morgan fingerprint density at radius 2 is 1.67 bits per heavy atom. The fraction of sp³-hybridized carbons (Fsp3) is 0.333. The Balaban J connectivity index is 1.49. The molecule has 0 aliphatic carbocycles. The molecule has 0 aromatic heterocycles. The largest absolute Gasteiger partial charge is 0.352 e. The lowest BCUT2D eigenvalue weighted by atomic mass is 10.1. The second-order valence-corrected chi connectivity index (χ2v) is 11.6. The van der Waals surface area contributed by atoms with Gasteiger partial charge in [-0.1, -0.05) is 48.0 Å². The number of halogens is 1. The van der Waals surface area contributed by atoms with Crippen molar-refractivity contribution in [1.82, 2.24) is 10.2 Å². The van der Waals surface area contributed by atoms with Gasteiger partial charge in [0.1, 0.15) is 6.04 Å². The van der Waals surface area contributed by atoms with E-state index < -0.39 is 16.1 Å². The number of sulfonamides is 1. The Labute approximate surface area is 217 Å². The van der Waals surface area contributed by atoms with Gasteiger partial charge in [-0.3, -0.25) is 13.9 Å². The summed E-state index contributed by atoms with van der Waals surface area (Å²) in [5.74, 6) is -0.458. The number of hydrogen-bond donors (Lipinski definition) is 1. The molecule has 1 aliphatic rings. The van der Waals surface area contributed by atoms with Gasteiger partial charge in [-0.2, -0.15) is 0 Å². The molecule has 1 N–H and O–H groups in total. The number of anilines is 1. The maximum atomic E-state index is 13.3. The maximum Gasteiger partial charge on any atom is 0.265 e. The molecule has 0 saturated heterocycles. The minimum atomic E-state index is -3.68. The Morgan fingerprint density at radius 3 is 2.33 bits per heavy atom. The molecule has 1 aliphatic heterocycles. The average Bonchev–Trinajstić information content (AvgIpc) is 3.06. The van der Waals surface area contributed by atoms with E-state index in [1.165, 1.54) is 9.21 Å². The lowest BCUT2D eigenvalue weighted by Crippen LogP contribution is -2.49. The van der Waals surface area contributed by atoms with Crippen LogP contribution in [0.1, 0.15) is 39.2 Å². The van der Waals surface area contributed by atoms with Gasteiger partial charge in [-0.15, -0.1) is 0 Å². The molecule has 1 atom stereocenters. The number of amides is 2. The van der Waals surface area contributed by atoms with Crippen LogP contribution in [0.3, 0.4) is 0 Å². The number of hydrogen-bond acceptors (Lipinski definition) is 4. The lowest BCUT2D eigenvalue weighted by molar-refractivity contribution is -0.140. The van der Waals surface area contributed by atoms with Crippen LogP contribution >= 0.6 is 11.6 Å². The van der Waals surface area contributed by atoms with Crippen LogP contribution in [-0.4, -0.2) is 43.8 Å². The fourth-order valence-corrected chi connectivity index (χ4v) is 6.37. The average molecular weight is 528 g/mol. The van der Waals surface area contributed by atoms with Gasteiger partial charge in [0.25, 0.3) is 10.0 Å². The van der Waals surface area contributed by atoms with E-state index in [-0.39, 0.29) is 37.4 Å². The summed E-state index contributed by atoms with van der Waals surface area (Å²) in [6.45, 7) is 5.85. The molecule has 7 nitrogen and oxygen atoms in total. The van der Waals surface area contributed by atoms with E-state index in [0.717, 1.165) is 16.3 Å². The molecule has 36 heavy (non-hydrogen) atoms. The summed E-state index contributed by atoms with van der Waals surface area (Å²) >= 11 is 6.00. The van der Waals surface area contributed by atoms with Gasteiger partial charge < -0.3 is 10.2 Å². The summed E-state index contributed by atoms with van der Waals surface area (Å²) in [5, 5.41) is 5.04. The van der Waals surface area contributed by atoms with E-state index in [0.29, 0.717) is 22.0 Å². The summed E-state index contributed by atoms with van der Waals surface area (Å²) in [6.07, 6.45) is 0.420. The fourth-order valence-electron chi connectivity index (χ4n) is 4.49. The first-order valence-corrected chi connectivity index (χ1v) is 13.8. The zero-order valence-corrected chi connectivity index (χ0v) is 22.1. The van der Waals surface area contributed by atoms with Crippen molar-refractivity contribution < 1.29 is 18.0 Å². The van der Waals surface area contributed by atoms with Crippen molar-refractivity contribution >= 4 is 49.9 Å². The summed E-state index contributed by atoms with van der Waals surface area (Å²) < 4.78 is 27.8. The molecule has 3 aromatic rings. The molecule has 1 unspecified atom stereocenters. The number of carbonyl (C=O) groups excluding carboxylic acids is 2. The van der Waals surface area contributed by atoms with Gasteiger partial charge in [0.2, 0.25) is 11.8 Å². The third kappa shape index (κ3) is 5.20. The van der Waals surface area contributed by atoms with Crippen molar-refractivity contribution in [3.8, 4) is 0 Å². The van der Waals surface area contributed by atoms with E-state index in [1.807, 2.05) is 44.2 Å². The van der Waals surface area contributed by atoms with Crippen LogP contribution in [0.5, 0.6) is 0 Å². The molecular weight excluding hydrogens is 498 g/mol. The smallest absolute Gasteiger partial charge is 0.265 e. The van der Waals surface area contributed by atoms with Crippen molar-refractivity contribution in [2.45, 2.75) is 57.1 Å². The highest BCUT2D eigenvalue weighted by atomic mass is 35.5. The Hall–Kier alpha value is -3.10. The van der Waals surface area contributed by atoms with E-state index in [9.17, 15) is 18.0 Å². The normalized spacial score (nSPS) is 14.8. The highest BCUT2D eigenvalue weighted by Crippen LogP contribution is 2.42. The van der Waals surface area contributed by atoms with Crippen molar-refractivity contribution in [2.75, 3.05) is 10.8 Å². The Kier molecular flexibility index (Phi) is 7.57. The standard InChI is InChI=1S/C27H30ClN3O4S/c1-18(2)29-27(33)19(3)30(17-20-12-14-22(28)15-13-20)25(32)11-6-16-31-23-9-4-7-21-8-5-10-24(26(21)23)36(31,34)35/h4-5,7-10,12-15,18-19H,6,11,16-17H2,1-3H3,(H,29,33). The maximum absolute atomic E-state index is 13.3. The van der Waals surface area contributed by atoms with Crippen LogP contribution in [0.25, 0.3) is 10.8 Å².